The zero-order chi connectivity index (χ0) is 24.9. The maximum Gasteiger partial charge on any atom is 0.274 e. The summed E-state index contributed by atoms with van der Waals surface area (Å²) >= 11 is 0. The molecule has 2 amide bonds. The Morgan fingerprint density at radius 1 is 0.971 bits per heavy atom. The Hall–Kier alpha value is -4.17. The minimum atomic E-state index is -0.616. The number of benzene rings is 3. The molecule has 0 aliphatic carbocycles. The lowest BCUT2D eigenvalue weighted by Gasteiger charge is -2.30. The molecule has 0 unspecified atom stereocenters. The number of halogens is 1. The summed E-state index contributed by atoms with van der Waals surface area (Å²) in [6, 6.07) is 16.2. The van der Waals surface area contributed by atoms with Gasteiger partial charge in [0, 0.05) is 35.9 Å². The predicted molar refractivity (Wildman–Crippen MR) is 129 cm³/mol. The van der Waals surface area contributed by atoms with Gasteiger partial charge < -0.3 is 14.4 Å². The van der Waals surface area contributed by atoms with Crippen LogP contribution in [0.1, 0.15) is 32.6 Å². The van der Waals surface area contributed by atoms with Crippen LogP contribution in [0.4, 0.5) is 4.39 Å². The van der Waals surface area contributed by atoms with Gasteiger partial charge in [0.05, 0.1) is 14.2 Å². The van der Waals surface area contributed by atoms with Crippen molar-refractivity contribution >= 4 is 23.5 Å². The van der Waals surface area contributed by atoms with Gasteiger partial charge in [-0.3, -0.25) is 14.8 Å². The van der Waals surface area contributed by atoms with Gasteiger partial charge in [0.15, 0.2) is 0 Å². The van der Waals surface area contributed by atoms with Gasteiger partial charge in [0.1, 0.15) is 17.3 Å². The van der Waals surface area contributed by atoms with E-state index in [4.69, 9.17) is 14.7 Å². The lowest BCUT2D eigenvalue weighted by Crippen LogP contribution is -2.36. The van der Waals surface area contributed by atoms with Crippen LogP contribution in [0.3, 0.4) is 0 Å². The van der Waals surface area contributed by atoms with Crippen molar-refractivity contribution in [2.24, 2.45) is 0 Å². The standard InChI is InChI=1S/C27H25FN2O5/c1-34-23-10-7-19(25(15-23)35-2)14-24(18-5-8-22(28)9-6-18)27(32)30-12-11-17-3-4-20(26(31)29-33)13-21(17)16-30/h3-10,13-15,33H,11-12,16H2,1-2H3,(H,29,31). The second kappa shape index (κ2) is 10.4. The molecule has 3 aromatic carbocycles. The molecule has 0 radical (unpaired) electrons. The Balaban J connectivity index is 1.72. The first-order chi connectivity index (χ1) is 16.9. The van der Waals surface area contributed by atoms with Crippen molar-refractivity contribution in [2.75, 3.05) is 20.8 Å². The number of amides is 2. The van der Waals surface area contributed by atoms with Crippen molar-refractivity contribution in [3.05, 3.63) is 94.3 Å². The van der Waals surface area contributed by atoms with E-state index >= 15 is 0 Å². The number of ether oxygens (including phenoxy) is 2. The maximum atomic E-state index is 13.8. The summed E-state index contributed by atoms with van der Waals surface area (Å²) in [7, 11) is 3.09. The van der Waals surface area contributed by atoms with E-state index in [0.29, 0.717) is 53.3 Å². The zero-order valence-corrected chi connectivity index (χ0v) is 19.4. The first kappa shape index (κ1) is 24.0. The van der Waals surface area contributed by atoms with Gasteiger partial charge in [-0.2, -0.15) is 0 Å². The van der Waals surface area contributed by atoms with E-state index in [-0.39, 0.29) is 5.91 Å². The lowest BCUT2D eigenvalue weighted by atomic mass is 9.95. The van der Waals surface area contributed by atoms with Crippen LogP contribution >= 0.6 is 0 Å². The summed E-state index contributed by atoms with van der Waals surface area (Å²) in [5.41, 5.74) is 5.40. The molecule has 0 saturated carbocycles. The minimum absolute atomic E-state index is 0.239. The van der Waals surface area contributed by atoms with Crippen molar-refractivity contribution in [3.8, 4) is 11.5 Å². The average molecular weight is 477 g/mol. The number of hydrogen-bond donors (Lipinski definition) is 2. The summed E-state index contributed by atoms with van der Waals surface area (Å²) in [5, 5.41) is 8.95. The first-order valence-electron chi connectivity index (χ1n) is 11.0. The highest BCUT2D eigenvalue weighted by molar-refractivity contribution is 6.24. The second-order valence-corrected chi connectivity index (χ2v) is 8.07. The third kappa shape index (κ3) is 5.17. The number of nitrogens with zero attached hydrogens (tertiary/aromatic N) is 1. The molecule has 35 heavy (non-hydrogen) atoms. The lowest BCUT2D eigenvalue weighted by molar-refractivity contribution is -0.125. The molecule has 0 saturated heterocycles. The Morgan fingerprint density at radius 3 is 2.40 bits per heavy atom. The molecule has 1 heterocycles. The van der Waals surface area contributed by atoms with Gasteiger partial charge in [-0.1, -0.05) is 18.2 Å². The van der Waals surface area contributed by atoms with E-state index in [1.54, 1.807) is 66.0 Å². The molecule has 1 aliphatic heterocycles. The Kier molecular flexibility index (Phi) is 7.12. The van der Waals surface area contributed by atoms with Crippen LogP contribution in [0.25, 0.3) is 11.6 Å². The van der Waals surface area contributed by atoms with Crippen LogP contribution in [0.5, 0.6) is 11.5 Å². The molecule has 0 aromatic heterocycles. The highest BCUT2D eigenvalue weighted by atomic mass is 19.1. The van der Waals surface area contributed by atoms with E-state index in [2.05, 4.69) is 0 Å². The molecule has 0 bridgehead atoms. The number of methoxy groups -OCH3 is 2. The fourth-order valence-corrected chi connectivity index (χ4v) is 4.10. The molecule has 180 valence electrons. The second-order valence-electron chi connectivity index (χ2n) is 8.07. The molecule has 8 heteroatoms. The molecule has 1 aliphatic rings. The van der Waals surface area contributed by atoms with E-state index in [1.807, 2.05) is 6.07 Å². The average Bonchev–Trinajstić information content (AvgIpc) is 2.90. The quantitative estimate of drug-likeness (QED) is 0.242. The van der Waals surface area contributed by atoms with Gasteiger partial charge in [0.2, 0.25) is 0 Å². The number of carbonyl (C=O) groups is 2. The van der Waals surface area contributed by atoms with Gasteiger partial charge in [-0.25, -0.2) is 9.87 Å². The maximum absolute atomic E-state index is 13.8. The van der Waals surface area contributed by atoms with E-state index < -0.39 is 11.7 Å². The number of rotatable bonds is 6. The van der Waals surface area contributed by atoms with Crippen molar-refractivity contribution in [3.63, 3.8) is 0 Å². The van der Waals surface area contributed by atoms with Crippen molar-refractivity contribution in [1.82, 2.24) is 10.4 Å². The predicted octanol–water partition coefficient (Wildman–Crippen LogP) is 4.09. The highest BCUT2D eigenvalue weighted by Crippen LogP contribution is 2.31. The van der Waals surface area contributed by atoms with E-state index in [1.165, 1.54) is 19.2 Å². The fourth-order valence-electron chi connectivity index (χ4n) is 4.10. The van der Waals surface area contributed by atoms with E-state index in [0.717, 1.165) is 11.1 Å². The van der Waals surface area contributed by atoms with Gasteiger partial charge in [-0.05, 0) is 65.6 Å². The Labute approximate surface area is 202 Å². The molecule has 2 N–H and O–H groups in total. The molecule has 0 fully saturated rings. The molecule has 4 rings (SSSR count). The molecular formula is C27H25FN2O5. The largest absolute Gasteiger partial charge is 0.497 e. The fraction of sp³-hybridized carbons (Fsp3) is 0.185. The number of nitrogens with one attached hydrogen (secondary N) is 1. The van der Waals surface area contributed by atoms with Crippen molar-refractivity contribution < 1.29 is 28.7 Å². The van der Waals surface area contributed by atoms with Crippen LogP contribution in [-0.4, -0.2) is 42.7 Å². The molecule has 0 atom stereocenters. The number of hydrogen-bond acceptors (Lipinski definition) is 5. The Bertz CT molecular complexity index is 1290. The summed E-state index contributed by atoms with van der Waals surface area (Å²) in [5.74, 6) is -0.111. The molecular weight excluding hydrogens is 451 g/mol. The topological polar surface area (TPSA) is 88.1 Å². The van der Waals surface area contributed by atoms with Crippen molar-refractivity contribution in [1.29, 1.82) is 0 Å². The van der Waals surface area contributed by atoms with Gasteiger partial charge >= 0.3 is 0 Å². The Morgan fingerprint density at radius 2 is 1.71 bits per heavy atom. The van der Waals surface area contributed by atoms with Crippen LogP contribution in [0.2, 0.25) is 0 Å². The summed E-state index contributed by atoms with van der Waals surface area (Å²) in [6.07, 6.45) is 2.34. The van der Waals surface area contributed by atoms with Crippen LogP contribution < -0.4 is 15.0 Å². The van der Waals surface area contributed by atoms with Crippen LogP contribution in [0, 0.1) is 5.82 Å². The third-order valence-electron chi connectivity index (χ3n) is 6.00. The number of fused-ring (bicyclic) bond motifs is 1. The molecule has 7 nitrogen and oxygen atoms in total. The minimum Gasteiger partial charge on any atom is -0.497 e. The highest BCUT2D eigenvalue weighted by Gasteiger charge is 2.25. The summed E-state index contributed by atoms with van der Waals surface area (Å²) in [6.45, 7) is 0.772. The van der Waals surface area contributed by atoms with Crippen LogP contribution in [0.15, 0.2) is 60.7 Å². The first-order valence-corrected chi connectivity index (χ1v) is 11.0. The SMILES string of the molecule is COc1ccc(C=C(C(=O)N2CCc3ccc(C(=O)NO)cc3C2)c2ccc(F)cc2)c(OC)c1. The van der Waals surface area contributed by atoms with Crippen molar-refractivity contribution in [2.45, 2.75) is 13.0 Å². The molecule has 3 aromatic rings. The van der Waals surface area contributed by atoms with Gasteiger partial charge in [0.25, 0.3) is 11.8 Å². The summed E-state index contributed by atoms with van der Waals surface area (Å²) < 4.78 is 24.4. The smallest absolute Gasteiger partial charge is 0.274 e. The number of hydroxylamine groups is 1. The monoisotopic (exact) mass is 476 g/mol. The molecule has 0 spiro atoms. The van der Waals surface area contributed by atoms with E-state index in [9.17, 15) is 14.0 Å². The third-order valence-corrected chi connectivity index (χ3v) is 6.00. The normalized spacial score (nSPS) is 13.1. The number of carbonyl (C=O) groups excluding carboxylic acids is 2. The van der Waals surface area contributed by atoms with Gasteiger partial charge in [-0.15, -0.1) is 0 Å². The van der Waals surface area contributed by atoms with Crippen LogP contribution in [-0.2, 0) is 17.8 Å². The summed E-state index contributed by atoms with van der Waals surface area (Å²) in [4.78, 5) is 27.3. The zero-order valence-electron chi connectivity index (χ0n) is 19.4.